The average Bonchev–Trinajstić information content (AvgIpc) is 2.58. The number of nitrogens with zero attached hydrogens (tertiary/aromatic N) is 4. The molecule has 1 unspecified atom stereocenters. The SMILES string of the molecule is CN=C(NCCN1CCSCC1)N1CCN(C(C)C(F)(F)F)CC1.I. The third kappa shape index (κ3) is 7.30. The maximum atomic E-state index is 12.8. The predicted octanol–water partition coefficient (Wildman–Crippen LogP) is 1.80. The molecular formula is C15H29F3IN5S. The van der Waals surface area contributed by atoms with Crippen LogP contribution in [-0.2, 0) is 0 Å². The third-order valence-electron chi connectivity index (χ3n) is 4.66. The molecule has 5 nitrogen and oxygen atoms in total. The van der Waals surface area contributed by atoms with Crippen LogP contribution in [0, 0.1) is 0 Å². The van der Waals surface area contributed by atoms with Gasteiger partial charge in [0.15, 0.2) is 5.96 Å². The van der Waals surface area contributed by atoms with Gasteiger partial charge in [-0.3, -0.25) is 14.8 Å². The molecule has 0 amide bonds. The van der Waals surface area contributed by atoms with Crippen molar-refractivity contribution < 1.29 is 13.2 Å². The first kappa shape index (κ1) is 23.1. The first-order valence-electron chi connectivity index (χ1n) is 8.48. The molecule has 0 aliphatic carbocycles. The number of hydrogen-bond acceptors (Lipinski definition) is 4. The highest BCUT2D eigenvalue weighted by molar-refractivity contribution is 14.0. The largest absolute Gasteiger partial charge is 0.403 e. The lowest BCUT2D eigenvalue weighted by Gasteiger charge is -2.39. The molecule has 0 radical (unpaired) electrons. The molecule has 2 fully saturated rings. The van der Waals surface area contributed by atoms with Crippen molar-refractivity contribution in [3.05, 3.63) is 0 Å². The first-order valence-corrected chi connectivity index (χ1v) is 9.63. The van der Waals surface area contributed by atoms with E-state index < -0.39 is 12.2 Å². The molecule has 2 aliphatic rings. The molecule has 2 rings (SSSR count). The molecule has 0 saturated carbocycles. The van der Waals surface area contributed by atoms with E-state index in [4.69, 9.17) is 0 Å². The molecule has 25 heavy (non-hydrogen) atoms. The number of piperazine rings is 1. The number of guanidine groups is 1. The molecule has 0 aromatic carbocycles. The van der Waals surface area contributed by atoms with Crippen LogP contribution in [0.3, 0.4) is 0 Å². The van der Waals surface area contributed by atoms with Crippen molar-refractivity contribution in [3.8, 4) is 0 Å². The van der Waals surface area contributed by atoms with Crippen LogP contribution in [0.2, 0.25) is 0 Å². The van der Waals surface area contributed by atoms with Crippen LogP contribution in [-0.4, -0.2) is 104 Å². The Morgan fingerprint density at radius 3 is 2.24 bits per heavy atom. The molecule has 148 valence electrons. The summed E-state index contributed by atoms with van der Waals surface area (Å²) in [6, 6.07) is -1.38. The van der Waals surface area contributed by atoms with E-state index in [-0.39, 0.29) is 24.0 Å². The van der Waals surface area contributed by atoms with Crippen molar-refractivity contribution in [2.24, 2.45) is 4.99 Å². The van der Waals surface area contributed by atoms with Crippen LogP contribution in [0.1, 0.15) is 6.92 Å². The van der Waals surface area contributed by atoms with Gasteiger partial charge in [-0.15, -0.1) is 24.0 Å². The maximum absolute atomic E-state index is 12.8. The summed E-state index contributed by atoms with van der Waals surface area (Å²) >= 11 is 1.99. The predicted molar refractivity (Wildman–Crippen MR) is 109 cm³/mol. The van der Waals surface area contributed by atoms with Gasteiger partial charge in [0.1, 0.15) is 6.04 Å². The molecule has 0 aromatic heterocycles. The van der Waals surface area contributed by atoms with Crippen molar-refractivity contribution >= 4 is 41.7 Å². The zero-order valence-electron chi connectivity index (χ0n) is 14.9. The van der Waals surface area contributed by atoms with E-state index in [9.17, 15) is 13.2 Å². The van der Waals surface area contributed by atoms with Gasteiger partial charge in [-0.25, -0.2) is 0 Å². The fraction of sp³-hybridized carbons (Fsp3) is 0.933. The summed E-state index contributed by atoms with van der Waals surface area (Å²) < 4.78 is 38.4. The summed E-state index contributed by atoms with van der Waals surface area (Å²) in [5.74, 6) is 3.17. The van der Waals surface area contributed by atoms with Crippen LogP contribution in [0.5, 0.6) is 0 Å². The molecule has 1 atom stereocenters. The molecule has 2 saturated heterocycles. The Balaban J connectivity index is 0.00000312. The lowest BCUT2D eigenvalue weighted by Crippen LogP contribution is -2.57. The second kappa shape index (κ2) is 11.0. The van der Waals surface area contributed by atoms with Crippen molar-refractivity contribution in [2.45, 2.75) is 19.1 Å². The minimum Gasteiger partial charge on any atom is -0.355 e. The van der Waals surface area contributed by atoms with E-state index >= 15 is 0 Å². The first-order chi connectivity index (χ1) is 11.4. The van der Waals surface area contributed by atoms with E-state index in [0.29, 0.717) is 26.2 Å². The Kier molecular flexibility index (Phi) is 10.2. The second-order valence-corrected chi connectivity index (χ2v) is 7.39. The number of halogens is 4. The van der Waals surface area contributed by atoms with E-state index in [1.165, 1.54) is 23.3 Å². The summed E-state index contributed by atoms with van der Waals surface area (Å²) in [5, 5.41) is 3.35. The number of rotatable bonds is 4. The quantitative estimate of drug-likeness (QED) is 0.366. The van der Waals surface area contributed by atoms with Gasteiger partial charge in [0.05, 0.1) is 0 Å². The zero-order valence-corrected chi connectivity index (χ0v) is 18.0. The molecule has 10 heteroatoms. The van der Waals surface area contributed by atoms with E-state index in [0.717, 1.165) is 32.1 Å². The van der Waals surface area contributed by atoms with Crippen LogP contribution < -0.4 is 5.32 Å². The van der Waals surface area contributed by atoms with Crippen molar-refractivity contribution in [1.82, 2.24) is 20.0 Å². The number of hydrogen-bond donors (Lipinski definition) is 1. The Bertz CT molecular complexity index is 410. The standard InChI is InChI=1S/C15H28F3N5S.HI/c1-13(15(16,17)18)22-5-7-23(8-6-22)14(19-2)20-3-4-21-9-11-24-12-10-21;/h13H,3-12H2,1-2H3,(H,19,20);1H. The molecular weight excluding hydrogens is 466 g/mol. The topological polar surface area (TPSA) is 34.1 Å². The van der Waals surface area contributed by atoms with Gasteiger partial charge in [-0.2, -0.15) is 24.9 Å². The smallest absolute Gasteiger partial charge is 0.355 e. The number of nitrogens with one attached hydrogen (secondary N) is 1. The minimum atomic E-state index is -4.16. The van der Waals surface area contributed by atoms with Crippen LogP contribution in [0.4, 0.5) is 13.2 Å². The van der Waals surface area contributed by atoms with E-state index in [2.05, 4.69) is 15.2 Å². The normalized spacial score (nSPS) is 22.4. The monoisotopic (exact) mass is 495 g/mol. The van der Waals surface area contributed by atoms with Gasteiger partial charge >= 0.3 is 6.18 Å². The highest BCUT2D eigenvalue weighted by Gasteiger charge is 2.41. The van der Waals surface area contributed by atoms with Gasteiger partial charge in [0.25, 0.3) is 0 Å². The summed E-state index contributed by atoms with van der Waals surface area (Å²) in [6.45, 7) is 7.23. The summed E-state index contributed by atoms with van der Waals surface area (Å²) in [7, 11) is 1.73. The fourth-order valence-electron chi connectivity index (χ4n) is 3.01. The molecule has 0 aromatic rings. The van der Waals surface area contributed by atoms with Crippen LogP contribution in [0.15, 0.2) is 4.99 Å². The Hall–Kier alpha value is 0.0600. The third-order valence-corrected chi connectivity index (χ3v) is 5.60. The lowest BCUT2D eigenvalue weighted by atomic mass is 10.2. The van der Waals surface area contributed by atoms with Gasteiger partial charge in [-0.1, -0.05) is 0 Å². The highest BCUT2D eigenvalue weighted by Crippen LogP contribution is 2.25. The van der Waals surface area contributed by atoms with Crippen molar-refractivity contribution in [2.75, 3.05) is 70.9 Å². The second-order valence-electron chi connectivity index (χ2n) is 6.17. The molecule has 0 spiro atoms. The number of thioether (sulfide) groups is 1. The Labute approximate surface area is 169 Å². The van der Waals surface area contributed by atoms with Gasteiger partial charge in [0, 0.05) is 70.9 Å². The number of alkyl halides is 3. The molecule has 0 bridgehead atoms. The Morgan fingerprint density at radius 2 is 1.72 bits per heavy atom. The number of aliphatic imine (C=N–C) groups is 1. The van der Waals surface area contributed by atoms with E-state index in [1.54, 1.807) is 7.05 Å². The lowest BCUT2D eigenvalue weighted by molar-refractivity contribution is -0.181. The highest BCUT2D eigenvalue weighted by atomic mass is 127. The molecule has 2 heterocycles. The average molecular weight is 495 g/mol. The van der Waals surface area contributed by atoms with Gasteiger partial charge in [-0.05, 0) is 6.92 Å². The van der Waals surface area contributed by atoms with Gasteiger partial charge in [0.2, 0.25) is 0 Å². The Morgan fingerprint density at radius 1 is 1.12 bits per heavy atom. The van der Waals surface area contributed by atoms with Crippen molar-refractivity contribution in [3.63, 3.8) is 0 Å². The summed E-state index contributed by atoms with van der Waals surface area (Å²) in [5.41, 5.74) is 0. The fourth-order valence-corrected chi connectivity index (χ4v) is 3.99. The summed E-state index contributed by atoms with van der Waals surface area (Å²) in [6.07, 6.45) is -4.16. The van der Waals surface area contributed by atoms with Gasteiger partial charge < -0.3 is 10.2 Å². The zero-order chi connectivity index (χ0) is 17.6. The molecule has 1 N–H and O–H groups in total. The van der Waals surface area contributed by atoms with E-state index in [1.807, 2.05) is 16.7 Å². The summed E-state index contributed by atoms with van der Waals surface area (Å²) in [4.78, 5) is 10.3. The minimum absolute atomic E-state index is 0. The molecule has 2 aliphatic heterocycles. The van der Waals surface area contributed by atoms with Crippen LogP contribution >= 0.6 is 35.7 Å². The maximum Gasteiger partial charge on any atom is 0.403 e. The van der Waals surface area contributed by atoms with Crippen LogP contribution in [0.25, 0.3) is 0 Å². The van der Waals surface area contributed by atoms with Crippen molar-refractivity contribution in [1.29, 1.82) is 0 Å².